The second-order valence-corrected chi connectivity index (χ2v) is 4.62. The summed E-state index contributed by atoms with van der Waals surface area (Å²) in [5.41, 5.74) is 7.66. The maximum Gasteiger partial charge on any atom is 0.258 e. The number of nitrogens with one attached hydrogen (secondary N) is 1. The smallest absolute Gasteiger partial charge is 0.258 e. The minimum absolute atomic E-state index is 0.240. The van der Waals surface area contributed by atoms with Gasteiger partial charge in [-0.25, -0.2) is 4.98 Å². The molecule has 4 nitrogen and oxygen atoms in total. The van der Waals surface area contributed by atoms with Gasteiger partial charge in [-0.3, -0.25) is 4.79 Å². The summed E-state index contributed by atoms with van der Waals surface area (Å²) in [6, 6.07) is 8.87. The van der Waals surface area contributed by atoms with Crippen LogP contribution in [0.2, 0.25) is 0 Å². The Hall–Kier alpha value is -1.88. The van der Waals surface area contributed by atoms with Crippen molar-refractivity contribution < 1.29 is 4.79 Å². The maximum atomic E-state index is 12.1. The van der Waals surface area contributed by atoms with E-state index in [2.05, 4.69) is 26.2 Å². The Bertz CT molecular complexity index is 599. The first kappa shape index (κ1) is 12.6. The number of carbonyl (C=O) groups is 1. The lowest BCUT2D eigenvalue weighted by Gasteiger charge is -2.09. The molecule has 0 aliphatic heterocycles. The van der Waals surface area contributed by atoms with Gasteiger partial charge < -0.3 is 11.1 Å². The van der Waals surface area contributed by atoms with Crippen molar-refractivity contribution in [3.63, 3.8) is 0 Å². The number of halogens is 1. The van der Waals surface area contributed by atoms with E-state index in [1.807, 2.05) is 19.1 Å². The highest BCUT2D eigenvalue weighted by Crippen LogP contribution is 2.24. The fourth-order valence-corrected chi connectivity index (χ4v) is 1.96. The van der Waals surface area contributed by atoms with E-state index < -0.39 is 0 Å². The first-order valence-electron chi connectivity index (χ1n) is 5.36. The summed E-state index contributed by atoms with van der Waals surface area (Å²) in [6.45, 7) is 1.89. The molecule has 2 rings (SSSR count). The molecule has 0 saturated heterocycles. The molecule has 2 aromatic rings. The molecule has 5 heteroatoms. The van der Waals surface area contributed by atoms with Crippen molar-refractivity contribution in [2.75, 3.05) is 11.1 Å². The van der Waals surface area contributed by atoms with Crippen LogP contribution in [0.5, 0.6) is 0 Å². The van der Waals surface area contributed by atoms with Crippen molar-refractivity contribution in [2.45, 2.75) is 6.92 Å². The van der Waals surface area contributed by atoms with Gasteiger partial charge in [0.15, 0.2) is 0 Å². The van der Waals surface area contributed by atoms with E-state index >= 15 is 0 Å². The minimum Gasteiger partial charge on any atom is -0.398 e. The molecule has 0 radical (unpaired) electrons. The molecule has 0 aliphatic carbocycles. The fourth-order valence-electron chi connectivity index (χ4n) is 1.52. The van der Waals surface area contributed by atoms with Crippen LogP contribution in [-0.4, -0.2) is 10.9 Å². The largest absolute Gasteiger partial charge is 0.398 e. The number of benzene rings is 1. The Balaban J connectivity index is 2.28. The van der Waals surface area contributed by atoms with Crippen LogP contribution >= 0.6 is 15.9 Å². The maximum absolute atomic E-state index is 12.1. The van der Waals surface area contributed by atoms with Gasteiger partial charge in [-0.15, -0.1) is 0 Å². The highest BCUT2D eigenvalue weighted by atomic mass is 79.9. The van der Waals surface area contributed by atoms with E-state index in [1.165, 1.54) is 0 Å². The highest BCUT2D eigenvalue weighted by Gasteiger charge is 2.13. The SMILES string of the molecule is Cc1cccnc1NC(=O)c1cccc(N)c1Br. The number of nitrogen functional groups attached to an aromatic ring is 1. The molecule has 0 unspecified atom stereocenters. The third-order valence-corrected chi connectivity index (χ3v) is 3.40. The number of nitrogens with two attached hydrogens (primary N) is 1. The third kappa shape index (κ3) is 2.51. The van der Waals surface area contributed by atoms with Crippen LogP contribution in [0, 0.1) is 6.92 Å². The van der Waals surface area contributed by atoms with Crippen molar-refractivity contribution in [2.24, 2.45) is 0 Å². The second-order valence-electron chi connectivity index (χ2n) is 3.83. The Kier molecular flexibility index (Phi) is 3.62. The molecule has 18 heavy (non-hydrogen) atoms. The van der Waals surface area contributed by atoms with E-state index in [1.54, 1.807) is 24.4 Å². The Labute approximate surface area is 113 Å². The summed E-state index contributed by atoms with van der Waals surface area (Å²) in [7, 11) is 0. The summed E-state index contributed by atoms with van der Waals surface area (Å²) < 4.78 is 0.594. The molecular weight excluding hydrogens is 294 g/mol. The number of hydrogen-bond donors (Lipinski definition) is 2. The van der Waals surface area contributed by atoms with Crippen molar-refractivity contribution >= 4 is 33.3 Å². The summed E-state index contributed by atoms with van der Waals surface area (Å²) in [4.78, 5) is 16.2. The van der Waals surface area contributed by atoms with E-state index in [-0.39, 0.29) is 5.91 Å². The van der Waals surface area contributed by atoms with Gasteiger partial charge in [-0.2, -0.15) is 0 Å². The number of rotatable bonds is 2. The first-order valence-corrected chi connectivity index (χ1v) is 6.16. The molecule has 1 amide bonds. The van der Waals surface area contributed by atoms with Crippen molar-refractivity contribution in [1.29, 1.82) is 0 Å². The molecule has 0 saturated carbocycles. The van der Waals surface area contributed by atoms with Crippen molar-refractivity contribution in [3.8, 4) is 0 Å². The summed E-state index contributed by atoms with van der Waals surface area (Å²) in [6.07, 6.45) is 1.64. The molecule has 0 atom stereocenters. The van der Waals surface area contributed by atoms with Crippen molar-refractivity contribution in [1.82, 2.24) is 4.98 Å². The quantitative estimate of drug-likeness (QED) is 0.838. The van der Waals surface area contributed by atoms with Crippen molar-refractivity contribution in [3.05, 3.63) is 52.1 Å². The standard InChI is InChI=1S/C13H12BrN3O/c1-8-4-3-7-16-12(8)17-13(18)9-5-2-6-10(15)11(9)14/h2-7H,15H2,1H3,(H,16,17,18). The Morgan fingerprint density at radius 3 is 2.83 bits per heavy atom. The van der Waals surface area contributed by atoms with Gasteiger partial charge in [-0.1, -0.05) is 12.1 Å². The number of aryl methyl sites for hydroxylation is 1. The van der Waals surface area contributed by atoms with Gasteiger partial charge in [0.05, 0.1) is 10.0 Å². The van der Waals surface area contributed by atoms with E-state index in [0.717, 1.165) is 5.56 Å². The molecule has 1 aromatic heterocycles. The molecule has 0 fully saturated rings. The van der Waals surface area contributed by atoms with Crippen LogP contribution in [0.3, 0.4) is 0 Å². The fraction of sp³-hybridized carbons (Fsp3) is 0.0769. The predicted molar refractivity (Wildman–Crippen MR) is 75.5 cm³/mol. The number of pyridine rings is 1. The zero-order valence-corrected chi connectivity index (χ0v) is 11.4. The normalized spacial score (nSPS) is 10.1. The molecule has 1 aromatic carbocycles. The van der Waals surface area contributed by atoms with Gasteiger partial charge in [0.2, 0.25) is 0 Å². The second kappa shape index (κ2) is 5.18. The van der Waals surface area contributed by atoms with Gasteiger partial charge in [0, 0.05) is 11.9 Å². The first-order chi connectivity index (χ1) is 8.59. The third-order valence-electron chi connectivity index (χ3n) is 2.51. The molecule has 92 valence electrons. The number of aromatic nitrogens is 1. The monoisotopic (exact) mass is 305 g/mol. The lowest BCUT2D eigenvalue weighted by Crippen LogP contribution is -2.14. The van der Waals surface area contributed by atoms with Gasteiger partial charge in [-0.05, 0) is 46.6 Å². The van der Waals surface area contributed by atoms with Gasteiger partial charge >= 0.3 is 0 Å². The molecule has 3 N–H and O–H groups in total. The van der Waals surface area contributed by atoms with Crippen LogP contribution in [0.15, 0.2) is 41.0 Å². The van der Waals surface area contributed by atoms with E-state index in [4.69, 9.17) is 5.73 Å². The molecule has 1 heterocycles. The number of anilines is 2. The zero-order valence-electron chi connectivity index (χ0n) is 9.77. The van der Waals surface area contributed by atoms with Crippen LogP contribution in [-0.2, 0) is 0 Å². The Morgan fingerprint density at radius 1 is 1.33 bits per heavy atom. The zero-order chi connectivity index (χ0) is 13.1. The van der Waals surface area contributed by atoms with Crippen LogP contribution < -0.4 is 11.1 Å². The van der Waals surface area contributed by atoms with Crippen LogP contribution in [0.4, 0.5) is 11.5 Å². The summed E-state index contributed by atoms with van der Waals surface area (Å²) >= 11 is 3.31. The average Bonchev–Trinajstić information content (AvgIpc) is 2.35. The van der Waals surface area contributed by atoms with E-state index in [0.29, 0.717) is 21.5 Å². The summed E-state index contributed by atoms with van der Waals surface area (Å²) in [5, 5.41) is 2.76. The Morgan fingerprint density at radius 2 is 2.11 bits per heavy atom. The number of nitrogens with zero attached hydrogens (tertiary/aromatic N) is 1. The number of amides is 1. The molecule has 0 aliphatic rings. The van der Waals surface area contributed by atoms with Crippen LogP contribution in [0.25, 0.3) is 0 Å². The van der Waals surface area contributed by atoms with E-state index in [9.17, 15) is 4.79 Å². The highest BCUT2D eigenvalue weighted by molar-refractivity contribution is 9.10. The van der Waals surface area contributed by atoms with Crippen LogP contribution in [0.1, 0.15) is 15.9 Å². The van der Waals surface area contributed by atoms with Gasteiger partial charge in [0.25, 0.3) is 5.91 Å². The molecule has 0 spiro atoms. The molecular formula is C13H12BrN3O. The van der Waals surface area contributed by atoms with Gasteiger partial charge in [0.1, 0.15) is 5.82 Å². The molecule has 0 bridgehead atoms. The summed E-state index contributed by atoms with van der Waals surface area (Å²) in [5.74, 6) is 0.313. The topological polar surface area (TPSA) is 68.0 Å². The lowest BCUT2D eigenvalue weighted by molar-refractivity contribution is 0.102. The average molecular weight is 306 g/mol. The number of hydrogen-bond acceptors (Lipinski definition) is 3. The number of carbonyl (C=O) groups excluding carboxylic acids is 1. The lowest BCUT2D eigenvalue weighted by atomic mass is 10.2. The minimum atomic E-state index is -0.240. The predicted octanol–water partition coefficient (Wildman–Crippen LogP) is 2.99.